The van der Waals surface area contributed by atoms with Gasteiger partial charge in [-0.1, -0.05) is 30.3 Å². The molecule has 1 fully saturated rings. The van der Waals surface area contributed by atoms with E-state index in [1.54, 1.807) is 13.2 Å². The van der Waals surface area contributed by atoms with Gasteiger partial charge in [0.05, 0.1) is 33.0 Å². The van der Waals surface area contributed by atoms with E-state index in [0.29, 0.717) is 19.8 Å². The Labute approximate surface area is 171 Å². The monoisotopic (exact) mass is 393 g/mol. The van der Waals surface area contributed by atoms with Crippen molar-refractivity contribution < 1.29 is 19.3 Å². The van der Waals surface area contributed by atoms with Crippen LogP contribution in [0.3, 0.4) is 0 Å². The standard InChI is InChI=1S/C24H27NO4/c1-3-29-18-10-8-17-9-11-21(26)23(20(17)16-18)24(25-12-14-28-15-13-25)19-6-4-5-7-22(19)27-2/h4-11,16,24,26H,3,12-15H2,1-2H3. The maximum Gasteiger partial charge on any atom is 0.123 e. The summed E-state index contributed by atoms with van der Waals surface area (Å²) in [6.07, 6.45) is 0. The van der Waals surface area contributed by atoms with Gasteiger partial charge in [-0.3, -0.25) is 4.90 Å². The highest BCUT2D eigenvalue weighted by Gasteiger charge is 2.30. The molecule has 5 heteroatoms. The number of ether oxygens (including phenoxy) is 3. The Hall–Kier alpha value is -2.76. The van der Waals surface area contributed by atoms with Crippen LogP contribution in [-0.2, 0) is 4.74 Å². The first-order chi connectivity index (χ1) is 14.2. The van der Waals surface area contributed by atoms with Gasteiger partial charge >= 0.3 is 0 Å². The molecule has 4 rings (SSSR count). The Morgan fingerprint density at radius 3 is 2.59 bits per heavy atom. The first-order valence-electron chi connectivity index (χ1n) is 10.1. The van der Waals surface area contributed by atoms with Crippen LogP contribution in [0.4, 0.5) is 0 Å². The fourth-order valence-electron chi connectivity index (χ4n) is 4.12. The predicted molar refractivity (Wildman–Crippen MR) is 114 cm³/mol. The normalized spacial score (nSPS) is 15.9. The van der Waals surface area contributed by atoms with Crippen molar-refractivity contribution in [2.45, 2.75) is 13.0 Å². The second kappa shape index (κ2) is 8.72. The minimum absolute atomic E-state index is 0.157. The van der Waals surface area contributed by atoms with Crippen molar-refractivity contribution in [2.75, 3.05) is 40.0 Å². The maximum atomic E-state index is 11.0. The van der Waals surface area contributed by atoms with Crippen molar-refractivity contribution >= 4 is 10.8 Å². The third kappa shape index (κ3) is 3.88. The number of rotatable bonds is 6. The highest BCUT2D eigenvalue weighted by molar-refractivity contribution is 5.90. The van der Waals surface area contributed by atoms with E-state index >= 15 is 0 Å². The highest BCUT2D eigenvalue weighted by atomic mass is 16.5. The van der Waals surface area contributed by atoms with Gasteiger partial charge in [0.2, 0.25) is 0 Å². The number of hydrogen-bond acceptors (Lipinski definition) is 5. The molecule has 1 atom stereocenters. The predicted octanol–water partition coefficient (Wildman–Crippen LogP) is 4.37. The molecule has 3 aromatic carbocycles. The summed E-state index contributed by atoms with van der Waals surface area (Å²) in [7, 11) is 1.69. The smallest absolute Gasteiger partial charge is 0.123 e. The minimum Gasteiger partial charge on any atom is -0.508 e. The van der Waals surface area contributed by atoms with E-state index in [2.05, 4.69) is 11.0 Å². The summed E-state index contributed by atoms with van der Waals surface area (Å²) >= 11 is 0. The highest BCUT2D eigenvalue weighted by Crippen LogP contribution is 2.43. The van der Waals surface area contributed by atoms with Crippen LogP contribution < -0.4 is 9.47 Å². The van der Waals surface area contributed by atoms with E-state index in [4.69, 9.17) is 14.2 Å². The summed E-state index contributed by atoms with van der Waals surface area (Å²) in [6, 6.07) is 17.6. The molecular weight excluding hydrogens is 366 g/mol. The number of nitrogens with zero attached hydrogens (tertiary/aromatic N) is 1. The van der Waals surface area contributed by atoms with Crippen LogP contribution in [0.1, 0.15) is 24.1 Å². The van der Waals surface area contributed by atoms with Crippen LogP contribution in [0.2, 0.25) is 0 Å². The number of aromatic hydroxyl groups is 1. The molecule has 1 aliphatic heterocycles. The summed E-state index contributed by atoms with van der Waals surface area (Å²) in [6.45, 7) is 5.47. The van der Waals surface area contributed by atoms with E-state index in [-0.39, 0.29) is 11.8 Å². The lowest BCUT2D eigenvalue weighted by atomic mass is 9.90. The average Bonchev–Trinajstić information content (AvgIpc) is 2.77. The summed E-state index contributed by atoms with van der Waals surface area (Å²) < 4.78 is 17.0. The number of fused-ring (bicyclic) bond motifs is 1. The number of phenolic OH excluding ortho intramolecular Hbond substituents is 1. The summed E-state index contributed by atoms with van der Waals surface area (Å²) in [5, 5.41) is 13.1. The molecule has 152 valence electrons. The zero-order valence-electron chi connectivity index (χ0n) is 16.9. The van der Waals surface area contributed by atoms with E-state index in [1.165, 1.54) is 0 Å². The first-order valence-corrected chi connectivity index (χ1v) is 10.1. The second-order valence-corrected chi connectivity index (χ2v) is 7.11. The molecule has 0 aliphatic carbocycles. The van der Waals surface area contributed by atoms with Crippen molar-refractivity contribution in [3.8, 4) is 17.2 Å². The molecule has 0 aromatic heterocycles. The molecule has 5 nitrogen and oxygen atoms in total. The number of hydrogen-bond donors (Lipinski definition) is 1. The molecular formula is C24H27NO4. The number of para-hydroxylation sites is 1. The molecule has 0 radical (unpaired) electrons. The van der Waals surface area contributed by atoms with Crippen molar-refractivity contribution in [1.82, 2.24) is 4.90 Å². The van der Waals surface area contributed by atoms with Gasteiger partial charge in [0, 0.05) is 24.2 Å². The number of methoxy groups -OCH3 is 1. The van der Waals surface area contributed by atoms with Crippen molar-refractivity contribution in [3.63, 3.8) is 0 Å². The van der Waals surface area contributed by atoms with Crippen LogP contribution in [0.5, 0.6) is 17.2 Å². The van der Waals surface area contributed by atoms with E-state index in [9.17, 15) is 5.11 Å². The van der Waals surface area contributed by atoms with Gasteiger partial charge in [-0.05, 0) is 42.0 Å². The van der Waals surface area contributed by atoms with Crippen LogP contribution in [-0.4, -0.2) is 50.0 Å². The van der Waals surface area contributed by atoms with Crippen molar-refractivity contribution in [2.24, 2.45) is 0 Å². The fourth-order valence-corrected chi connectivity index (χ4v) is 4.12. The zero-order valence-corrected chi connectivity index (χ0v) is 16.9. The molecule has 0 bridgehead atoms. The van der Waals surface area contributed by atoms with Gasteiger partial charge in [-0.2, -0.15) is 0 Å². The molecule has 0 spiro atoms. The summed E-state index contributed by atoms with van der Waals surface area (Å²) in [5.41, 5.74) is 1.90. The average molecular weight is 393 g/mol. The van der Waals surface area contributed by atoms with E-state index in [0.717, 1.165) is 46.5 Å². The van der Waals surface area contributed by atoms with Crippen molar-refractivity contribution in [1.29, 1.82) is 0 Å². The van der Waals surface area contributed by atoms with Gasteiger partial charge in [0.1, 0.15) is 17.2 Å². The topological polar surface area (TPSA) is 51.2 Å². The van der Waals surface area contributed by atoms with Crippen molar-refractivity contribution in [3.05, 3.63) is 65.7 Å². The van der Waals surface area contributed by atoms with Crippen LogP contribution in [0.15, 0.2) is 54.6 Å². The zero-order chi connectivity index (χ0) is 20.2. The van der Waals surface area contributed by atoms with Crippen LogP contribution >= 0.6 is 0 Å². The van der Waals surface area contributed by atoms with Gasteiger partial charge in [0.25, 0.3) is 0 Å². The number of morpholine rings is 1. The number of benzene rings is 3. The first kappa shape index (κ1) is 19.6. The SMILES string of the molecule is CCOc1ccc2ccc(O)c(C(c3ccccc3OC)N3CCOCC3)c2c1. The van der Waals surface area contributed by atoms with E-state index in [1.807, 2.05) is 49.4 Å². The van der Waals surface area contributed by atoms with Gasteiger partial charge in [0.15, 0.2) is 0 Å². The molecule has 1 N–H and O–H groups in total. The Morgan fingerprint density at radius 2 is 1.83 bits per heavy atom. The number of phenols is 1. The van der Waals surface area contributed by atoms with Gasteiger partial charge in [-0.15, -0.1) is 0 Å². The quantitative estimate of drug-likeness (QED) is 0.674. The molecule has 0 amide bonds. The Balaban J connectivity index is 1.95. The molecule has 1 unspecified atom stereocenters. The molecule has 1 saturated heterocycles. The summed E-state index contributed by atoms with van der Waals surface area (Å²) in [5.74, 6) is 1.88. The van der Waals surface area contributed by atoms with Crippen LogP contribution in [0, 0.1) is 0 Å². The van der Waals surface area contributed by atoms with E-state index < -0.39 is 0 Å². The Kier molecular flexibility index (Phi) is 5.88. The third-order valence-corrected chi connectivity index (χ3v) is 5.44. The largest absolute Gasteiger partial charge is 0.508 e. The van der Waals surface area contributed by atoms with Crippen LogP contribution in [0.25, 0.3) is 10.8 Å². The molecule has 1 aliphatic rings. The Morgan fingerprint density at radius 1 is 1.07 bits per heavy atom. The second-order valence-electron chi connectivity index (χ2n) is 7.11. The maximum absolute atomic E-state index is 11.0. The minimum atomic E-state index is -0.157. The molecule has 3 aromatic rings. The lowest BCUT2D eigenvalue weighted by Gasteiger charge is -2.36. The molecule has 0 saturated carbocycles. The van der Waals surface area contributed by atoms with Gasteiger partial charge in [-0.25, -0.2) is 0 Å². The van der Waals surface area contributed by atoms with Gasteiger partial charge < -0.3 is 19.3 Å². The lowest BCUT2D eigenvalue weighted by molar-refractivity contribution is 0.0234. The summed E-state index contributed by atoms with van der Waals surface area (Å²) in [4.78, 5) is 2.35. The fraction of sp³-hybridized carbons (Fsp3) is 0.333. The molecule has 1 heterocycles. The molecule has 29 heavy (non-hydrogen) atoms. The third-order valence-electron chi connectivity index (χ3n) is 5.44. The Bertz CT molecular complexity index is 982. The lowest BCUT2D eigenvalue weighted by Crippen LogP contribution is -2.39.